The highest BCUT2D eigenvalue weighted by atomic mass is 79.9. The lowest BCUT2D eigenvalue weighted by molar-refractivity contribution is 0.0958. The monoisotopic (exact) mass is 392 g/mol. The smallest absolute Gasteiger partial charge is 0.192 e. The molecule has 1 aliphatic rings. The van der Waals surface area contributed by atoms with Crippen molar-refractivity contribution in [1.29, 1.82) is 0 Å². The second-order valence-electron chi connectivity index (χ2n) is 4.91. The number of hydrogen-bond acceptors (Lipinski definition) is 5. The van der Waals surface area contributed by atoms with Gasteiger partial charge in [-0.2, -0.15) is 0 Å². The summed E-state index contributed by atoms with van der Waals surface area (Å²) >= 11 is 1.85. The molecule has 0 aliphatic carbocycles. The number of methoxy groups -OCH3 is 1. The Labute approximate surface area is 142 Å². The van der Waals surface area contributed by atoms with Crippen LogP contribution in [0.25, 0.3) is 0 Å². The Morgan fingerprint density at radius 2 is 2.14 bits per heavy atom. The first-order valence-corrected chi connectivity index (χ1v) is 9.20. The molecule has 0 bridgehead atoms. The standard InChI is InChI=1S/C15H21BrO5S/c1-4-7-20-15-12(18-2)8-10(9-13(15)22(17)19-3)11-5-6-14(16)21-11/h8-9,11,14H,4-7H2,1-3H3. The van der Waals surface area contributed by atoms with Crippen molar-refractivity contribution in [3.63, 3.8) is 0 Å². The largest absolute Gasteiger partial charge is 0.493 e. The summed E-state index contributed by atoms with van der Waals surface area (Å²) in [6, 6.07) is 3.71. The van der Waals surface area contributed by atoms with Crippen LogP contribution >= 0.6 is 15.9 Å². The van der Waals surface area contributed by atoms with Crippen molar-refractivity contribution in [2.75, 3.05) is 20.8 Å². The number of alkyl halides is 1. The van der Waals surface area contributed by atoms with Gasteiger partial charge in [0.2, 0.25) is 0 Å². The van der Waals surface area contributed by atoms with Crippen LogP contribution in [0.3, 0.4) is 0 Å². The zero-order valence-corrected chi connectivity index (χ0v) is 15.4. The summed E-state index contributed by atoms with van der Waals surface area (Å²) in [5, 5.41) is 0.0517. The quantitative estimate of drug-likeness (QED) is 0.661. The summed E-state index contributed by atoms with van der Waals surface area (Å²) in [6.45, 7) is 2.53. The van der Waals surface area contributed by atoms with Gasteiger partial charge in [-0.05, 0) is 37.0 Å². The van der Waals surface area contributed by atoms with E-state index in [1.807, 2.05) is 19.1 Å². The first-order chi connectivity index (χ1) is 10.6. The van der Waals surface area contributed by atoms with E-state index in [0.717, 1.165) is 24.8 Å². The molecule has 5 nitrogen and oxygen atoms in total. The molecule has 1 fully saturated rings. The molecule has 0 N–H and O–H groups in total. The number of hydrogen-bond donors (Lipinski definition) is 0. The summed E-state index contributed by atoms with van der Waals surface area (Å²) in [6.07, 6.45) is 2.63. The summed E-state index contributed by atoms with van der Waals surface area (Å²) in [5.41, 5.74) is 0.919. The average molecular weight is 393 g/mol. The van der Waals surface area contributed by atoms with Crippen molar-refractivity contribution in [3.05, 3.63) is 17.7 Å². The van der Waals surface area contributed by atoms with Crippen LogP contribution in [0.4, 0.5) is 0 Å². The molecule has 7 heteroatoms. The maximum absolute atomic E-state index is 12.2. The zero-order chi connectivity index (χ0) is 16.1. The number of benzene rings is 1. The highest BCUT2D eigenvalue weighted by Crippen LogP contribution is 2.42. The van der Waals surface area contributed by atoms with Crippen molar-refractivity contribution in [2.45, 2.75) is 42.2 Å². The Kier molecular flexibility index (Phi) is 6.67. The van der Waals surface area contributed by atoms with Crippen LogP contribution in [-0.4, -0.2) is 30.0 Å². The minimum atomic E-state index is -1.61. The maximum atomic E-state index is 12.2. The number of rotatable bonds is 7. The van der Waals surface area contributed by atoms with E-state index < -0.39 is 11.1 Å². The fraction of sp³-hybridized carbons (Fsp3) is 0.600. The molecule has 0 amide bonds. The van der Waals surface area contributed by atoms with Crippen LogP contribution in [0.2, 0.25) is 0 Å². The number of halogens is 1. The molecule has 1 saturated heterocycles. The second kappa shape index (κ2) is 8.29. The van der Waals surface area contributed by atoms with Gasteiger partial charge in [-0.25, -0.2) is 4.21 Å². The molecular weight excluding hydrogens is 372 g/mol. The highest BCUT2D eigenvalue weighted by molar-refractivity contribution is 9.09. The topological polar surface area (TPSA) is 54.0 Å². The summed E-state index contributed by atoms with van der Waals surface area (Å²) in [4.78, 5) is 0.479. The van der Waals surface area contributed by atoms with Crippen LogP contribution < -0.4 is 9.47 Å². The fourth-order valence-corrected chi connectivity index (χ4v) is 3.58. The van der Waals surface area contributed by atoms with Crippen molar-refractivity contribution >= 4 is 27.0 Å². The molecule has 1 heterocycles. The number of ether oxygens (including phenoxy) is 3. The van der Waals surface area contributed by atoms with E-state index in [4.69, 9.17) is 18.4 Å². The third-order valence-electron chi connectivity index (χ3n) is 3.38. The third kappa shape index (κ3) is 4.01. The van der Waals surface area contributed by atoms with Gasteiger partial charge in [0.15, 0.2) is 22.6 Å². The van der Waals surface area contributed by atoms with Gasteiger partial charge < -0.3 is 14.2 Å². The van der Waals surface area contributed by atoms with E-state index >= 15 is 0 Å². The Balaban J connectivity index is 2.43. The molecule has 1 aromatic rings. The predicted molar refractivity (Wildman–Crippen MR) is 88.0 cm³/mol. The molecular formula is C15H21BrO5S. The van der Waals surface area contributed by atoms with Gasteiger partial charge in [0.1, 0.15) is 9.91 Å². The Morgan fingerprint density at radius 1 is 1.36 bits per heavy atom. The molecule has 22 heavy (non-hydrogen) atoms. The van der Waals surface area contributed by atoms with Crippen LogP contribution in [0, 0.1) is 0 Å². The van der Waals surface area contributed by atoms with Crippen LogP contribution in [0.1, 0.15) is 37.9 Å². The Hall–Kier alpha value is -0.630. The average Bonchev–Trinajstić information content (AvgIpc) is 2.97. The molecule has 0 spiro atoms. The van der Waals surface area contributed by atoms with Crippen LogP contribution in [0.5, 0.6) is 11.5 Å². The van der Waals surface area contributed by atoms with Gasteiger partial charge >= 0.3 is 0 Å². The summed E-state index contributed by atoms with van der Waals surface area (Å²) < 4.78 is 34.1. The Morgan fingerprint density at radius 3 is 2.68 bits per heavy atom. The van der Waals surface area contributed by atoms with Gasteiger partial charge in [-0.1, -0.05) is 22.9 Å². The lowest BCUT2D eigenvalue weighted by atomic mass is 10.1. The molecule has 2 rings (SSSR count). The van der Waals surface area contributed by atoms with Crippen molar-refractivity contribution in [1.82, 2.24) is 0 Å². The van der Waals surface area contributed by atoms with E-state index in [-0.39, 0.29) is 11.1 Å². The van der Waals surface area contributed by atoms with E-state index in [9.17, 15) is 4.21 Å². The van der Waals surface area contributed by atoms with Crippen molar-refractivity contribution in [3.8, 4) is 11.5 Å². The molecule has 124 valence electrons. The third-order valence-corrected chi connectivity index (χ3v) is 5.02. The second-order valence-corrected chi connectivity index (χ2v) is 7.18. The van der Waals surface area contributed by atoms with E-state index in [1.54, 1.807) is 7.11 Å². The molecule has 0 saturated carbocycles. The SMILES string of the molecule is CCCOc1c(OC)cc(C2CCC(Br)O2)cc1S(=O)OC. The van der Waals surface area contributed by atoms with Gasteiger partial charge in [-0.15, -0.1) is 0 Å². The summed E-state index contributed by atoms with van der Waals surface area (Å²) in [5.74, 6) is 1.02. The molecule has 0 aromatic heterocycles. The Bertz CT molecular complexity index is 537. The first kappa shape index (κ1) is 17.7. The van der Waals surface area contributed by atoms with E-state index in [0.29, 0.717) is 23.0 Å². The van der Waals surface area contributed by atoms with Crippen LogP contribution in [0.15, 0.2) is 17.0 Å². The minimum Gasteiger partial charge on any atom is -0.493 e. The van der Waals surface area contributed by atoms with E-state index in [1.165, 1.54) is 7.11 Å². The first-order valence-electron chi connectivity index (χ1n) is 7.21. The highest BCUT2D eigenvalue weighted by Gasteiger charge is 2.28. The molecule has 0 radical (unpaired) electrons. The van der Waals surface area contributed by atoms with Crippen molar-refractivity contribution in [2.24, 2.45) is 0 Å². The van der Waals surface area contributed by atoms with Gasteiger partial charge in [-0.3, -0.25) is 4.18 Å². The molecule has 1 aliphatic heterocycles. The zero-order valence-electron chi connectivity index (χ0n) is 13.0. The van der Waals surface area contributed by atoms with Crippen LogP contribution in [-0.2, 0) is 20.0 Å². The lowest BCUT2D eigenvalue weighted by Gasteiger charge is -2.18. The normalized spacial score (nSPS) is 22.5. The van der Waals surface area contributed by atoms with Gasteiger partial charge in [0.25, 0.3) is 0 Å². The van der Waals surface area contributed by atoms with Crippen molar-refractivity contribution < 1.29 is 22.6 Å². The van der Waals surface area contributed by atoms with Gasteiger partial charge in [0, 0.05) is 0 Å². The predicted octanol–water partition coefficient (Wildman–Crippen LogP) is 3.73. The fourth-order valence-electron chi connectivity index (χ4n) is 2.34. The van der Waals surface area contributed by atoms with E-state index in [2.05, 4.69) is 15.9 Å². The minimum absolute atomic E-state index is 0.0499. The lowest BCUT2D eigenvalue weighted by Crippen LogP contribution is -2.07. The molecule has 1 aromatic carbocycles. The maximum Gasteiger partial charge on any atom is 0.192 e. The molecule has 3 atom stereocenters. The summed E-state index contributed by atoms with van der Waals surface area (Å²) in [7, 11) is 2.97. The van der Waals surface area contributed by atoms with Gasteiger partial charge in [0.05, 0.1) is 26.9 Å². The molecule has 3 unspecified atom stereocenters.